The van der Waals surface area contributed by atoms with Gasteiger partial charge in [0.15, 0.2) is 0 Å². The summed E-state index contributed by atoms with van der Waals surface area (Å²) in [6.45, 7) is 1.57. The van der Waals surface area contributed by atoms with Gasteiger partial charge in [0.2, 0.25) is 0 Å². The van der Waals surface area contributed by atoms with Crippen molar-refractivity contribution in [3.05, 3.63) is 0 Å². The van der Waals surface area contributed by atoms with E-state index in [4.69, 9.17) is 11.6 Å². The van der Waals surface area contributed by atoms with Crippen LogP contribution in [0.15, 0.2) is 0 Å². The summed E-state index contributed by atoms with van der Waals surface area (Å²) >= 11 is 4.95. The quantitative estimate of drug-likeness (QED) is 0.422. The summed E-state index contributed by atoms with van der Waals surface area (Å²) < 4.78 is 4.45. The van der Waals surface area contributed by atoms with E-state index in [9.17, 15) is 4.79 Å². The molecule has 2 nitrogen and oxygen atoms in total. The SMILES string of the molecule is C[C@@H](OP)C(=O)Cl. The summed E-state index contributed by atoms with van der Waals surface area (Å²) in [4.78, 5) is 10.0. The fraction of sp³-hybridized carbons (Fsp3) is 0.667. The fourth-order valence-electron chi connectivity index (χ4n) is 0.0535. The lowest BCUT2D eigenvalue weighted by Crippen LogP contribution is -2.09. The van der Waals surface area contributed by atoms with Gasteiger partial charge in [-0.2, -0.15) is 0 Å². The molecule has 7 heavy (non-hydrogen) atoms. The second kappa shape index (κ2) is 3.36. The molecule has 0 rings (SSSR count). The average Bonchev–Trinajstić information content (AvgIpc) is 1.65. The smallest absolute Gasteiger partial charge is 0.250 e. The highest BCUT2D eigenvalue weighted by Crippen LogP contribution is 1.99. The minimum absolute atomic E-state index is 0.477. The van der Waals surface area contributed by atoms with Crippen LogP contribution in [0.25, 0.3) is 0 Å². The van der Waals surface area contributed by atoms with Crippen LogP contribution in [0.2, 0.25) is 0 Å². The van der Waals surface area contributed by atoms with Crippen LogP contribution in [0, 0.1) is 0 Å². The van der Waals surface area contributed by atoms with Gasteiger partial charge in [-0.3, -0.25) is 4.79 Å². The number of carbonyl (C=O) groups is 1. The molecule has 0 radical (unpaired) electrons. The van der Waals surface area contributed by atoms with Gasteiger partial charge >= 0.3 is 0 Å². The monoisotopic (exact) mass is 140 g/mol. The van der Waals surface area contributed by atoms with E-state index < -0.39 is 11.3 Å². The third-order valence-electron chi connectivity index (χ3n) is 0.524. The van der Waals surface area contributed by atoms with E-state index >= 15 is 0 Å². The normalized spacial score (nSPS) is 13.6. The van der Waals surface area contributed by atoms with Gasteiger partial charge in [0.1, 0.15) is 6.10 Å². The lowest BCUT2D eigenvalue weighted by Gasteiger charge is -1.98. The van der Waals surface area contributed by atoms with Crippen molar-refractivity contribution in [2.75, 3.05) is 0 Å². The standard InChI is InChI=1S/C3H6ClO2P/c1-2(6-7)3(4)5/h2H,7H2,1H3/t2-/m1/s1. The Morgan fingerprint density at radius 2 is 2.43 bits per heavy atom. The van der Waals surface area contributed by atoms with Crippen LogP contribution in [0.5, 0.6) is 0 Å². The van der Waals surface area contributed by atoms with Crippen LogP contribution in [-0.4, -0.2) is 11.3 Å². The van der Waals surface area contributed by atoms with Gasteiger partial charge in [0.05, 0.1) is 0 Å². The number of halogens is 1. The lowest BCUT2D eigenvalue weighted by atomic mass is 10.5. The van der Waals surface area contributed by atoms with Crippen molar-refractivity contribution in [1.29, 1.82) is 0 Å². The predicted octanol–water partition coefficient (Wildman–Crippen LogP) is 0.947. The maximum Gasteiger partial charge on any atom is 0.250 e. The number of hydrogen-bond donors (Lipinski definition) is 0. The van der Waals surface area contributed by atoms with Gasteiger partial charge in [0, 0.05) is 9.47 Å². The summed E-state index contributed by atoms with van der Waals surface area (Å²) in [7, 11) is 1.96. The molecule has 0 N–H and O–H groups in total. The van der Waals surface area contributed by atoms with E-state index in [-0.39, 0.29) is 0 Å². The summed E-state index contributed by atoms with van der Waals surface area (Å²) in [5, 5.41) is -0.477. The van der Waals surface area contributed by atoms with Crippen molar-refractivity contribution >= 4 is 26.3 Å². The van der Waals surface area contributed by atoms with Crippen LogP contribution in [-0.2, 0) is 9.32 Å². The minimum atomic E-state index is -0.508. The molecular weight excluding hydrogens is 134 g/mol. The Bertz CT molecular complexity index is 75.3. The molecule has 0 aromatic rings. The third kappa shape index (κ3) is 2.98. The Hall–Kier alpha value is 0.350. The van der Waals surface area contributed by atoms with Crippen molar-refractivity contribution in [2.45, 2.75) is 13.0 Å². The van der Waals surface area contributed by atoms with E-state index in [1.165, 1.54) is 0 Å². The predicted molar refractivity (Wildman–Crippen MR) is 31.1 cm³/mol. The highest BCUT2D eigenvalue weighted by molar-refractivity contribution is 7.10. The second-order valence-corrected chi connectivity index (χ2v) is 1.73. The van der Waals surface area contributed by atoms with Crippen LogP contribution in [0.3, 0.4) is 0 Å². The first kappa shape index (κ1) is 7.35. The summed E-state index contributed by atoms with van der Waals surface area (Å²) in [6.07, 6.45) is -0.508. The lowest BCUT2D eigenvalue weighted by molar-refractivity contribution is -0.116. The molecule has 0 bridgehead atoms. The zero-order chi connectivity index (χ0) is 5.86. The molecule has 0 aliphatic heterocycles. The third-order valence-corrected chi connectivity index (χ3v) is 1.24. The average molecular weight is 141 g/mol. The molecule has 0 saturated heterocycles. The van der Waals surface area contributed by atoms with Crippen molar-refractivity contribution < 1.29 is 9.32 Å². The first-order chi connectivity index (χ1) is 3.18. The van der Waals surface area contributed by atoms with E-state index in [1.54, 1.807) is 6.92 Å². The topological polar surface area (TPSA) is 26.3 Å². The molecule has 0 fully saturated rings. The van der Waals surface area contributed by atoms with Gasteiger partial charge in [0.25, 0.3) is 5.24 Å². The van der Waals surface area contributed by atoms with E-state index in [0.29, 0.717) is 0 Å². The molecule has 42 valence electrons. The van der Waals surface area contributed by atoms with Crippen LogP contribution >= 0.6 is 21.1 Å². The molecule has 0 spiro atoms. The molecule has 0 aliphatic carbocycles. The second-order valence-electron chi connectivity index (χ2n) is 1.08. The highest BCUT2D eigenvalue weighted by atomic mass is 35.5. The van der Waals surface area contributed by atoms with Crippen LogP contribution < -0.4 is 0 Å². The van der Waals surface area contributed by atoms with E-state index in [0.717, 1.165) is 0 Å². The van der Waals surface area contributed by atoms with Crippen molar-refractivity contribution in [1.82, 2.24) is 0 Å². The Kier molecular flexibility index (Phi) is 3.53. The van der Waals surface area contributed by atoms with E-state index in [2.05, 4.69) is 4.52 Å². The Morgan fingerprint density at radius 1 is 2.00 bits per heavy atom. The Morgan fingerprint density at radius 3 is 2.43 bits per heavy atom. The number of rotatable bonds is 2. The molecule has 0 amide bonds. The van der Waals surface area contributed by atoms with E-state index in [1.807, 2.05) is 9.47 Å². The van der Waals surface area contributed by atoms with Gasteiger partial charge < -0.3 is 4.52 Å². The zero-order valence-corrected chi connectivity index (χ0v) is 5.76. The molecule has 0 saturated carbocycles. The first-order valence-corrected chi connectivity index (χ1v) is 2.58. The Balaban J connectivity index is 3.34. The van der Waals surface area contributed by atoms with Crippen molar-refractivity contribution in [3.8, 4) is 0 Å². The molecular formula is C3H6ClO2P. The molecule has 0 heterocycles. The largest absolute Gasteiger partial charge is 0.354 e. The molecule has 0 aliphatic rings. The van der Waals surface area contributed by atoms with Gasteiger partial charge in [-0.25, -0.2) is 0 Å². The minimum Gasteiger partial charge on any atom is -0.354 e. The summed E-state index contributed by atoms with van der Waals surface area (Å²) in [5.74, 6) is 0. The highest BCUT2D eigenvalue weighted by Gasteiger charge is 2.05. The van der Waals surface area contributed by atoms with Gasteiger partial charge in [-0.1, -0.05) is 0 Å². The van der Waals surface area contributed by atoms with Gasteiger partial charge in [-0.05, 0) is 18.5 Å². The van der Waals surface area contributed by atoms with Crippen molar-refractivity contribution in [3.63, 3.8) is 0 Å². The molecule has 0 aromatic carbocycles. The van der Waals surface area contributed by atoms with Crippen LogP contribution in [0.1, 0.15) is 6.92 Å². The van der Waals surface area contributed by atoms with Crippen molar-refractivity contribution in [2.24, 2.45) is 0 Å². The molecule has 4 heteroatoms. The maximum absolute atomic E-state index is 10.0. The zero-order valence-electron chi connectivity index (χ0n) is 3.85. The first-order valence-electron chi connectivity index (χ1n) is 1.73. The van der Waals surface area contributed by atoms with Crippen LogP contribution in [0.4, 0.5) is 0 Å². The summed E-state index contributed by atoms with van der Waals surface area (Å²) in [5.41, 5.74) is 0. The van der Waals surface area contributed by atoms with Gasteiger partial charge in [-0.15, -0.1) is 0 Å². The maximum atomic E-state index is 10.0. The summed E-state index contributed by atoms with van der Waals surface area (Å²) in [6, 6.07) is 0. The molecule has 1 unspecified atom stereocenters. The number of hydrogen-bond acceptors (Lipinski definition) is 2. The number of carbonyl (C=O) groups excluding carboxylic acids is 1. The Labute approximate surface area is 49.5 Å². The molecule has 2 atom stereocenters. The molecule has 0 aromatic heterocycles. The fourth-order valence-corrected chi connectivity index (χ4v) is 0.315.